The van der Waals surface area contributed by atoms with Gasteiger partial charge in [-0.1, -0.05) is 0 Å². The Balaban J connectivity index is 1.52. The molecule has 2 fully saturated rings. The van der Waals surface area contributed by atoms with Crippen LogP contribution in [0.3, 0.4) is 0 Å². The Morgan fingerprint density at radius 1 is 1.43 bits per heavy atom. The van der Waals surface area contributed by atoms with E-state index < -0.39 is 0 Å². The Hall–Kier alpha value is -1.24. The molecule has 0 amide bonds. The third-order valence-electron chi connectivity index (χ3n) is 4.84. The lowest BCUT2D eigenvalue weighted by molar-refractivity contribution is 0.164. The summed E-state index contributed by atoms with van der Waals surface area (Å²) in [4.78, 5) is 19.8. The highest BCUT2D eigenvalue weighted by Crippen LogP contribution is 2.29. The predicted molar refractivity (Wildman–Crippen MR) is 83.8 cm³/mol. The summed E-state index contributed by atoms with van der Waals surface area (Å²) in [7, 11) is 2.16. The molecule has 2 aromatic rings. The number of piperidine rings is 1. The number of fused-ring (bicyclic) bond motifs is 3. The van der Waals surface area contributed by atoms with Gasteiger partial charge in [-0.3, -0.25) is 14.1 Å². The summed E-state index contributed by atoms with van der Waals surface area (Å²) in [5.41, 5.74) is 0.908. The second kappa shape index (κ2) is 5.19. The Morgan fingerprint density at radius 2 is 2.19 bits per heavy atom. The zero-order valence-corrected chi connectivity index (χ0v) is 13.0. The molecule has 0 aliphatic carbocycles. The number of aromatic nitrogens is 2. The third kappa shape index (κ3) is 2.52. The minimum atomic E-state index is 0.0232. The van der Waals surface area contributed by atoms with Crippen molar-refractivity contribution in [2.45, 2.75) is 50.4 Å². The molecule has 21 heavy (non-hydrogen) atoms. The number of nitrogens with one attached hydrogen (secondary N) is 1. The fourth-order valence-corrected chi connectivity index (χ4v) is 4.48. The van der Waals surface area contributed by atoms with E-state index in [1.165, 1.54) is 37.0 Å². The molecule has 4 rings (SSSR count). The molecule has 6 heteroatoms. The lowest BCUT2D eigenvalue weighted by Gasteiger charge is -2.35. The van der Waals surface area contributed by atoms with Gasteiger partial charge in [0.05, 0.1) is 5.69 Å². The number of nitrogens with zero attached hydrogens (tertiary/aromatic N) is 3. The van der Waals surface area contributed by atoms with Crippen molar-refractivity contribution in [2.24, 2.45) is 0 Å². The van der Waals surface area contributed by atoms with Crippen LogP contribution in [-0.4, -0.2) is 39.5 Å². The average Bonchev–Trinajstić information content (AvgIpc) is 3.05. The van der Waals surface area contributed by atoms with Crippen LogP contribution in [0.25, 0.3) is 4.96 Å². The normalized spacial score (nSPS) is 28.6. The molecule has 2 aliphatic rings. The van der Waals surface area contributed by atoms with Gasteiger partial charge in [-0.15, -0.1) is 11.3 Å². The smallest absolute Gasteiger partial charge is 0.258 e. The maximum atomic E-state index is 12.0. The van der Waals surface area contributed by atoms with Crippen LogP contribution in [-0.2, 0) is 6.54 Å². The highest BCUT2D eigenvalue weighted by atomic mass is 32.1. The molecule has 0 aromatic carbocycles. The molecule has 5 nitrogen and oxygen atoms in total. The zero-order valence-electron chi connectivity index (χ0n) is 12.2. The molecule has 2 aromatic heterocycles. The zero-order chi connectivity index (χ0) is 14.4. The SMILES string of the molecule is CN(Cc1cc(=O)n2ccsc2n1)C1CC2CCC(C1)N2. The van der Waals surface area contributed by atoms with Crippen LogP contribution in [0.2, 0.25) is 0 Å². The minimum absolute atomic E-state index is 0.0232. The molecular formula is C15H20N4OS. The maximum absolute atomic E-state index is 12.0. The molecule has 2 bridgehead atoms. The lowest BCUT2D eigenvalue weighted by Crippen LogP contribution is -2.46. The van der Waals surface area contributed by atoms with Crippen LogP contribution in [0, 0.1) is 0 Å². The van der Waals surface area contributed by atoms with Crippen molar-refractivity contribution in [1.29, 1.82) is 0 Å². The quantitative estimate of drug-likeness (QED) is 0.933. The first-order chi connectivity index (χ1) is 10.2. The first-order valence-corrected chi connectivity index (χ1v) is 8.49. The van der Waals surface area contributed by atoms with E-state index >= 15 is 0 Å². The van der Waals surface area contributed by atoms with Gasteiger partial charge < -0.3 is 5.32 Å². The first-order valence-electron chi connectivity index (χ1n) is 7.61. The summed E-state index contributed by atoms with van der Waals surface area (Å²) in [6, 6.07) is 3.66. The Morgan fingerprint density at radius 3 is 2.95 bits per heavy atom. The second-order valence-corrected chi connectivity index (χ2v) is 7.19. The monoisotopic (exact) mass is 304 g/mol. The molecule has 2 aliphatic heterocycles. The lowest BCUT2D eigenvalue weighted by atomic mass is 9.98. The van der Waals surface area contributed by atoms with Gasteiger partial charge in [0, 0.05) is 42.3 Å². The van der Waals surface area contributed by atoms with Crippen molar-refractivity contribution in [2.75, 3.05) is 7.05 Å². The highest BCUT2D eigenvalue weighted by molar-refractivity contribution is 7.15. The van der Waals surface area contributed by atoms with Crippen LogP contribution in [0.1, 0.15) is 31.4 Å². The molecular weight excluding hydrogens is 284 g/mol. The van der Waals surface area contributed by atoms with Gasteiger partial charge in [-0.25, -0.2) is 4.98 Å². The summed E-state index contributed by atoms with van der Waals surface area (Å²) >= 11 is 1.51. The van der Waals surface area contributed by atoms with Crippen LogP contribution < -0.4 is 10.9 Å². The van der Waals surface area contributed by atoms with E-state index in [-0.39, 0.29) is 5.56 Å². The summed E-state index contributed by atoms with van der Waals surface area (Å²) in [5, 5.41) is 5.58. The van der Waals surface area contributed by atoms with E-state index in [1.54, 1.807) is 16.7 Å². The largest absolute Gasteiger partial charge is 0.311 e. The van der Waals surface area contributed by atoms with E-state index in [1.807, 2.05) is 5.38 Å². The van der Waals surface area contributed by atoms with E-state index in [4.69, 9.17) is 0 Å². The highest BCUT2D eigenvalue weighted by Gasteiger charge is 2.35. The standard InChI is InChI=1S/C15H20N4OS/c1-18(13-6-10-2-3-11(7-13)16-10)9-12-8-14(20)19-4-5-21-15(19)17-12/h4-5,8,10-11,13,16H,2-3,6-7,9H2,1H3. The molecule has 0 spiro atoms. The van der Waals surface area contributed by atoms with Gasteiger partial charge in [0.1, 0.15) is 0 Å². The summed E-state index contributed by atoms with van der Waals surface area (Å²) in [5.74, 6) is 0. The molecule has 2 unspecified atom stereocenters. The number of rotatable bonds is 3. The second-order valence-electron chi connectivity index (χ2n) is 6.32. The van der Waals surface area contributed by atoms with E-state index in [9.17, 15) is 4.79 Å². The fraction of sp³-hybridized carbons (Fsp3) is 0.600. The van der Waals surface area contributed by atoms with Crippen LogP contribution in [0.5, 0.6) is 0 Å². The van der Waals surface area contributed by atoms with E-state index in [0.29, 0.717) is 18.1 Å². The summed E-state index contributed by atoms with van der Waals surface area (Å²) in [6.45, 7) is 0.758. The van der Waals surface area contributed by atoms with Gasteiger partial charge in [0.2, 0.25) is 0 Å². The summed E-state index contributed by atoms with van der Waals surface area (Å²) < 4.78 is 1.61. The molecule has 0 radical (unpaired) electrons. The van der Waals surface area contributed by atoms with Crippen molar-refractivity contribution in [3.63, 3.8) is 0 Å². The van der Waals surface area contributed by atoms with Gasteiger partial charge in [-0.2, -0.15) is 0 Å². The number of hydrogen-bond acceptors (Lipinski definition) is 5. The summed E-state index contributed by atoms with van der Waals surface area (Å²) in [6.07, 6.45) is 6.85. The first kappa shape index (κ1) is 13.4. The van der Waals surface area contributed by atoms with Crippen molar-refractivity contribution in [3.8, 4) is 0 Å². The molecule has 2 saturated heterocycles. The van der Waals surface area contributed by atoms with Crippen LogP contribution in [0.15, 0.2) is 22.4 Å². The van der Waals surface area contributed by atoms with Crippen molar-refractivity contribution in [1.82, 2.24) is 19.6 Å². The number of hydrogen-bond donors (Lipinski definition) is 1. The molecule has 112 valence electrons. The van der Waals surface area contributed by atoms with Gasteiger partial charge >= 0.3 is 0 Å². The number of thiazole rings is 1. The van der Waals surface area contributed by atoms with Crippen LogP contribution >= 0.6 is 11.3 Å². The van der Waals surface area contributed by atoms with Crippen molar-refractivity contribution in [3.05, 3.63) is 33.7 Å². The Kier molecular flexibility index (Phi) is 3.32. The minimum Gasteiger partial charge on any atom is -0.311 e. The molecule has 4 heterocycles. The Bertz CT molecular complexity index is 697. The predicted octanol–water partition coefficient (Wildman–Crippen LogP) is 1.47. The molecule has 1 N–H and O–H groups in total. The maximum Gasteiger partial charge on any atom is 0.258 e. The topological polar surface area (TPSA) is 49.6 Å². The van der Waals surface area contributed by atoms with Gasteiger partial charge in [0.25, 0.3) is 5.56 Å². The molecule has 0 saturated carbocycles. The van der Waals surface area contributed by atoms with E-state index in [0.717, 1.165) is 17.2 Å². The van der Waals surface area contributed by atoms with Gasteiger partial charge in [-0.05, 0) is 32.7 Å². The van der Waals surface area contributed by atoms with Crippen molar-refractivity contribution >= 4 is 16.3 Å². The fourth-order valence-electron chi connectivity index (χ4n) is 3.74. The third-order valence-corrected chi connectivity index (χ3v) is 5.60. The Labute approximate surface area is 127 Å². The van der Waals surface area contributed by atoms with E-state index in [2.05, 4.69) is 22.2 Å². The van der Waals surface area contributed by atoms with Crippen molar-refractivity contribution < 1.29 is 0 Å². The average molecular weight is 304 g/mol. The molecule has 2 atom stereocenters. The van der Waals surface area contributed by atoms with Gasteiger partial charge in [0.15, 0.2) is 4.96 Å². The van der Waals surface area contributed by atoms with Crippen LogP contribution in [0.4, 0.5) is 0 Å².